The summed E-state index contributed by atoms with van der Waals surface area (Å²) in [4.78, 5) is 40.7. The molecule has 2 aliphatic heterocycles. The van der Waals surface area contributed by atoms with Crippen molar-refractivity contribution in [3.63, 3.8) is 0 Å². The van der Waals surface area contributed by atoms with Gasteiger partial charge in [0.2, 0.25) is 17.8 Å². The van der Waals surface area contributed by atoms with Gasteiger partial charge in [-0.2, -0.15) is 4.98 Å². The van der Waals surface area contributed by atoms with Gasteiger partial charge in [-0.1, -0.05) is 0 Å². The molecule has 37 heavy (non-hydrogen) atoms. The number of anilines is 1. The summed E-state index contributed by atoms with van der Waals surface area (Å²) in [7, 11) is 0. The van der Waals surface area contributed by atoms with Crippen LogP contribution in [0.2, 0.25) is 0 Å². The van der Waals surface area contributed by atoms with E-state index < -0.39 is 0 Å². The first-order valence-electron chi connectivity index (χ1n) is 13.1. The Labute approximate surface area is 214 Å². The predicted octanol–water partition coefficient (Wildman–Crippen LogP) is 1.89. The van der Waals surface area contributed by atoms with E-state index in [1.807, 2.05) is 27.7 Å². The summed E-state index contributed by atoms with van der Waals surface area (Å²) in [5.74, 6) is 2.85. The third kappa shape index (κ3) is 4.00. The van der Waals surface area contributed by atoms with Crippen LogP contribution in [0.3, 0.4) is 0 Å². The van der Waals surface area contributed by atoms with Crippen LogP contribution in [0.5, 0.6) is 5.75 Å². The number of nitrogens with two attached hydrogens (primary N) is 1. The zero-order chi connectivity index (χ0) is 25.1. The lowest BCUT2D eigenvalue weighted by molar-refractivity contribution is -0.131. The zero-order valence-corrected chi connectivity index (χ0v) is 20.5. The van der Waals surface area contributed by atoms with Crippen molar-refractivity contribution >= 4 is 17.8 Å². The highest BCUT2D eigenvalue weighted by molar-refractivity contribution is 5.81. The molecule has 0 spiro atoms. The highest BCUT2D eigenvalue weighted by Crippen LogP contribution is 2.36. The fourth-order valence-electron chi connectivity index (χ4n) is 5.77. The highest BCUT2D eigenvalue weighted by atomic mass is 16.5. The Morgan fingerprint density at radius 2 is 1.97 bits per heavy atom. The fourth-order valence-corrected chi connectivity index (χ4v) is 5.77. The number of nitrogens with one attached hydrogen (secondary N) is 1. The van der Waals surface area contributed by atoms with E-state index >= 15 is 0 Å². The minimum atomic E-state index is -0.308. The first-order valence-corrected chi connectivity index (χ1v) is 13.1. The van der Waals surface area contributed by atoms with Crippen LogP contribution in [0, 0.1) is 11.8 Å². The second kappa shape index (κ2) is 8.57. The van der Waals surface area contributed by atoms with Crippen LogP contribution < -0.4 is 15.8 Å². The standard InChI is InChI=1S/C27H29N7O3/c28-24(35)18-12-20-21(13-18)34(25(31-20)17-3-4-22-16(11-17)7-10-37-22)23-5-8-29-27(32-23)30-19-6-9-33(14-19)26(36)15-1-2-15/h3-5,8,11,15,18-19H,1-2,6-7,9-10,12-14H2,(H2,28,35)(H,29,30,32)/t18?,19-/m0/s1. The molecule has 0 bridgehead atoms. The van der Waals surface area contributed by atoms with Crippen molar-refractivity contribution in [2.45, 2.75) is 44.6 Å². The second-order valence-corrected chi connectivity index (χ2v) is 10.5. The fraction of sp³-hybridized carbons (Fsp3) is 0.444. The number of likely N-dealkylation sites (tertiary alicyclic amines) is 1. The van der Waals surface area contributed by atoms with Crippen molar-refractivity contribution in [3.8, 4) is 23.0 Å². The Morgan fingerprint density at radius 3 is 2.81 bits per heavy atom. The lowest BCUT2D eigenvalue weighted by Crippen LogP contribution is -2.32. The molecule has 4 aliphatic rings. The van der Waals surface area contributed by atoms with Crippen molar-refractivity contribution in [1.82, 2.24) is 24.4 Å². The van der Waals surface area contributed by atoms with Crippen molar-refractivity contribution in [3.05, 3.63) is 47.4 Å². The molecular formula is C27H29N7O3. The van der Waals surface area contributed by atoms with Crippen molar-refractivity contribution < 1.29 is 14.3 Å². The van der Waals surface area contributed by atoms with Gasteiger partial charge in [-0.3, -0.25) is 14.2 Å². The maximum Gasteiger partial charge on any atom is 0.225 e. The molecule has 2 fully saturated rings. The van der Waals surface area contributed by atoms with Crippen LogP contribution in [0.15, 0.2) is 30.5 Å². The van der Waals surface area contributed by atoms with E-state index in [2.05, 4.69) is 16.4 Å². The first-order chi connectivity index (χ1) is 18.0. The molecule has 190 valence electrons. The number of aromatic nitrogens is 4. The molecule has 1 unspecified atom stereocenters. The number of hydrogen-bond acceptors (Lipinski definition) is 7. The van der Waals surface area contributed by atoms with Gasteiger partial charge in [0, 0.05) is 67.7 Å². The van der Waals surface area contributed by atoms with Gasteiger partial charge in [0.25, 0.3) is 0 Å². The molecule has 0 radical (unpaired) electrons. The van der Waals surface area contributed by atoms with Crippen molar-refractivity contribution in [1.29, 1.82) is 0 Å². The number of carbonyl (C=O) groups excluding carboxylic acids is 2. The summed E-state index contributed by atoms with van der Waals surface area (Å²) < 4.78 is 7.73. The van der Waals surface area contributed by atoms with Gasteiger partial charge in [-0.15, -0.1) is 0 Å². The third-order valence-electron chi connectivity index (χ3n) is 7.91. The quantitative estimate of drug-likeness (QED) is 0.530. The monoisotopic (exact) mass is 499 g/mol. The molecular weight excluding hydrogens is 470 g/mol. The van der Waals surface area contributed by atoms with Crippen molar-refractivity contribution in [2.75, 3.05) is 25.0 Å². The lowest BCUT2D eigenvalue weighted by Gasteiger charge is -2.17. The number of carbonyl (C=O) groups is 2. The van der Waals surface area contributed by atoms with Crippen LogP contribution in [0.4, 0.5) is 5.95 Å². The minimum Gasteiger partial charge on any atom is -0.493 e. The van der Waals surface area contributed by atoms with E-state index in [4.69, 9.17) is 20.4 Å². The Morgan fingerprint density at radius 1 is 1.08 bits per heavy atom. The number of imidazole rings is 1. The average Bonchev–Trinajstić information content (AvgIpc) is 3.23. The largest absolute Gasteiger partial charge is 0.493 e. The predicted molar refractivity (Wildman–Crippen MR) is 135 cm³/mol. The normalized spacial score (nSPS) is 22.0. The van der Waals surface area contributed by atoms with Gasteiger partial charge in [0.15, 0.2) is 0 Å². The van der Waals surface area contributed by atoms with E-state index in [-0.39, 0.29) is 29.7 Å². The maximum absolute atomic E-state index is 12.5. The molecule has 3 aromatic rings. The number of ether oxygens (including phenoxy) is 1. The lowest BCUT2D eigenvalue weighted by atomic mass is 10.1. The molecule has 1 aromatic carbocycles. The number of primary amides is 1. The second-order valence-electron chi connectivity index (χ2n) is 10.5. The van der Waals surface area contributed by atoms with Gasteiger partial charge >= 0.3 is 0 Å². The van der Waals surface area contributed by atoms with Crippen molar-refractivity contribution in [2.24, 2.45) is 17.6 Å². The van der Waals surface area contributed by atoms with Gasteiger partial charge in [-0.25, -0.2) is 9.97 Å². The molecule has 2 aromatic heterocycles. The van der Waals surface area contributed by atoms with E-state index in [1.54, 1.807) is 6.20 Å². The van der Waals surface area contributed by atoms with Crippen LogP contribution in [0.25, 0.3) is 17.2 Å². The number of benzene rings is 1. The van der Waals surface area contributed by atoms with Gasteiger partial charge in [-0.05, 0) is 49.1 Å². The number of fused-ring (bicyclic) bond motifs is 2. The maximum atomic E-state index is 12.5. The topological polar surface area (TPSA) is 128 Å². The molecule has 7 rings (SSSR count). The molecule has 2 amide bonds. The molecule has 10 heteroatoms. The van der Waals surface area contributed by atoms with Gasteiger partial charge in [0.05, 0.1) is 12.3 Å². The SMILES string of the molecule is NC(=O)C1Cc2nc(-c3ccc4c(c3)CCO4)n(-c3ccnc(N[C@H]4CCN(C(=O)C5CC5)C4)n3)c2C1. The summed E-state index contributed by atoms with van der Waals surface area (Å²) in [5.41, 5.74) is 9.64. The van der Waals surface area contributed by atoms with Gasteiger partial charge in [0.1, 0.15) is 17.4 Å². The summed E-state index contributed by atoms with van der Waals surface area (Å²) in [6.45, 7) is 2.13. The molecule has 1 saturated carbocycles. The first kappa shape index (κ1) is 22.3. The van der Waals surface area contributed by atoms with Crippen LogP contribution >= 0.6 is 0 Å². The van der Waals surface area contributed by atoms with E-state index in [1.165, 1.54) is 5.56 Å². The molecule has 2 atom stereocenters. The molecule has 10 nitrogen and oxygen atoms in total. The van der Waals surface area contributed by atoms with Crippen LogP contribution in [-0.4, -0.2) is 62.0 Å². The van der Waals surface area contributed by atoms with E-state index in [0.29, 0.717) is 37.8 Å². The number of nitrogens with zero attached hydrogens (tertiary/aromatic N) is 5. The van der Waals surface area contributed by atoms with E-state index in [9.17, 15) is 9.59 Å². The number of hydrogen-bond donors (Lipinski definition) is 2. The van der Waals surface area contributed by atoms with Crippen LogP contribution in [-0.2, 0) is 28.9 Å². The molecule has 4 heterocycles. The Kier molecular flexibility index (Phi) is 5.16. The zero-order valence-electron chi connectivity index (χ0n) is 20.5. The van der Waals surface area contributed by atoms with Gasteiger partial charge < -0.3 is 20.7 Å². The average molecular weight is 500 g/mol. The molecule has 3 N–H and O–H groups in total. The minimum absolute atomic E-state index is 0.113. The Hall–Kier alpha value is -3.95. The third-order valence-corrected chi connectivity index (χ3v) is 7.91. The number of amides is 2. The Balaban J connectivity index is 1.21. The smallest absolute Gasteiger partial charge is 0.225 e. The molecule has 1 saturated heterocycles. The van der Waals surface area contributed by atoms with E-state index in [0.717, 1.165) is 60.8 Å². The Bertz CT molecular complexity index is 1410. The summed E-state index contributed by atoms with van der Waals surface area (Å²) >= 11 is 0. The van der Waals surface area contributed by atoms with Crippen LogP contribution in [0.1, 0.15) is 36.2 Å². The number of rotatable bonds is 6. The highest BCUT2D eigenvalue weighted by Gasteiger charge is 2.37. The molecule has 2 aliphatic carbocycles. The summed E-state index contributed by atoms with van der Waals surface area (Å²) in [6.07, 6.45) is 6.57. The summed E-state index contributed by atoms with van der Waals surface area (Å²) in [5, 5.41) is 3.43. The summed E-state index contributed by atoms with van der Waals surface area (Å²) in [6, 6.07) is 8.13.